The van der Waals surface area contributed by atoms with Crippen LogP contribution in [0.25, 0.3) is 88.4 Å². The Morgan fingerprint density at radius 1 is 0.353 bits per heavy atom. The summed E-state index contributed by atoms with van der Waals surface area (Å²) in [5, 5.41) is 4.99. The second-order valence-electron chi connectivity index (χ2n) is 24.3. The van der Waals surface area contributed by atoms with Crippen LogP contribution in [-0.2, 0) is 11.8 Å². The van der Waals surface area contributed by atoms with Crippen LogP contribution >= 0.6 is 0 Å². The molecule has 14 aromatic rings. The van der Waals surface area contributed by atoms with E-state index in [-0.39, 0.29) is 12.1 Å². The van der Waals surface area contributed by atoms with Crippen molar-refractivity contribution in [3.63, 3.8) is 0 Å². The highest BCUT2D eigenvalue weighted by molar-refractivity contribution is 7.00. The van der Waals surface area contributed by atoms with E-state index in [9.17, 15) is 0 Å². The van der Waals surface area contributed by atoms with Gasteiger partial charge in [0.15, 0.2) is 0 Å². The molecule has 2 aliphatic rings. The number of hydrogen-bond donors (Lipinski definition) is 0. The number of benzene rings is 12. The number of hydrogen-bond acceptors (Lipinski definition) is 2. The summed E-state index contributed by atoms with van der Waals surface area (Å²) >= 11 is 0. The van der Waals surface area contributed by atoms with Crippen molar-refractivity contribution in [3.8, 4) is 44.8 Å². The summed E-state index contributed by atoms with van der Waals surface area (Å²) in [5.74, 6) is 0. The summed E-state index contributed by atoms with van der Waals surface area (Å²) in [4.78, 5) is 5.39. The molecule has 0 unspecified atom stereocenters. The van der Waals surface area contributed by atoms with Gasteiger partial charge in [-0.05, 0) is 135 Å². The average molecular weight is 1090 g/mol. The summed E-state index contributed by atoms with van der Waals surface area (Å²) in [5.41, 5.74) is 27.4. The fourth-order valence-corrected chi connectivity index (χ4v) is 14.2. The molecule has 0 saturated heterocycles. The fourth-order valence-electron chi connectivity index (χ4n) is 14.2. The minimum atomic E-state index is -0.243. The highest BCUT2D eigenvalue weighted by atomic mass is 15.2. The molecule has 0 aliphatic carbocycles. The Kier molecular flexibility index (Phi) is 12.0. The normalized spacial score (nSPS) is 12.8. The van der Waals surface area contributed by atoms with Gasteiger partial charge in [0.1, 0.15) is 0 Å². The van der Waals surface area contributed by atoms with Crippen LogP contribution < -0.4 is 26.2 Å². The van der Waals surface area contributed by atoms with Gasteiger partial charge < -0.3 is 18.9 Å². The molecule has 85 heavy (non-hydrogen) atoms. The van der Waals surface area contributed by atoms with Gasteiger partial charge in [-0.3, -0.25) is 0 Å². The molecule has 4 heterocycles. The number of fused-ring (bicyclic) bond motifs is 10. The number of aromatic nitrogens is 2. The lowest BCUT2D eigenvalue weighted by Crippen LogP contribution is -2.61. The summed E-state index contributed by atoms with van der Waals surface area (Å²) in [6.07, 6.45) is 3.13. The number of nitrogens with zero attached hydrogens (tertiary/aromatic N) is 4. The Hall–Kier alpha value is -10.1. The number of rotatable bonds is 10. The fraction of sp³-hybridized carbons (Fsp3) is 0.100. The zero-order valence-electron chi connectivity index (χ0n) is 48.5. The van der Waals surface area contributed by atoms with Crippen LogP contribution in [0.2, 0.25) is 0 Å². The van der Waals surface area contributed by atoms with Crippen LogP contribution in [0, 0.1) is 0 Å². The van der Waals surface area contributed by atoms with Crippen LogP contribution in [0.1, 0.15) is 51.7 Å². The molecule has 0 fully saturated rings. The minimum Gasteiger partial charge on any atom is -0.311 e. The van der Waals surface area contributed by atoms with Crippen LogP contribution in [0.5, 0.6) is 0 Å². The molecule has 12 aromatic carbocycles. The number of para-hydroxylation sites is 5. The van der Waals surface area contributed by atoms with Crippen molar-refractivity contribution in [2.24, 2.45) is 0 Å². The molecule has 0 saturated carbocycles. The van der Waals surface area contributed by atoms with E-state index in [0.717, 1.165) is 42.0 Å². The van der Waals surface area contributed by atoms with E-state index >= 15 is 0 Å². The lowest BCUT2D eigenvalue weighted by Gasteiger charge is -2.46. The van der Waals surface area contributed by atoms with Crippen LogP contribution in [-0.4, -0.2) is 15.8 Å². The van der Waals surface area contributed by atoms with E-state index in [0.29, 0.717) is 0 Å². The SMILES string of the molecule is CCCCc1ccc(-c2ccccc2)cc1N1c2cc(-n3c4ccccc4c4ccccc43)ccc2B2c3ccc(-n4c5ccccc5c5ccccc54)cc3N(c3c(-c4ccccc4)cccc3-c3ccccc3)c3cc(C(C)(C)C)cc1c32. The van der Waals surface area contributed by atoms with Gasteiger partial charge in [-0.1, -0.05) is 240 Å². The lowest BCUT2D eigenvalue weighted by molar-refractivity contribution is 0.590. The summed E-state index contributed by atoms with van der Waals surface area (Å²) in [6, 6.07) is 103. The van der Waals surface area contributed by atoms with Crippen molar-refractivity contribution >= 4 is 101 Å². The van der Waals surface area contributed by atoms with E-state index in [1.807, 2.05) is 0 Å². The number of unbranched alkanes of at least 4 members (excludes halogenated alkanes) is 1. The van der Waals surface area contributed by atoms with Crippen molar-refractivity contribution in [2.45, 2.75) is 52.4 Å². The molecule has 0 radical (unpaired) electrons. The third-order valence-corrected chi connectivity index (χ3v) is 18.2. The molecule has 0 bridgehead atoms. The smallest absolute Gasteiger partial charge is 0.252 e. The maximum atomic E-state index is 2.70. The van der Waals surface area contributed by atoms with Crippen molar-refractivity contribution in [2.75, 3.05) is 9.80 Å². The van der Waals surface area contributed by atoms with Crippen LogP contribution in [0.3, 0.4) is 0 Å². The zero-order valence-corrected chi connectivity index (χ0v) is 48.5. The highest BCUT2D eigenvalue weighted by Gasteiger charge is 2.46. The van der Waals surface area contributed by atoms with Gasteiger partial charge in [0.05, 0.1) is 27.8 Å². The molecule has 2 aromatic heterocycles. The quantitative estimate of drug-likeness (QED) is 0.127. The van der Waals surface area contributed by atoms with Gasteiger partial charge in [0, 0.05) is 72.5 Å². The second kappa shape index (κ2) is 20.1. The molecule has 16 rings (SSSR count). The molecule has 0 N–H and O–H groups in total. The standard InChI is InChI=1S/C80H63BN4/c1-5-6-25-56-42-43-57(53-26-10-7-11-27-53)48-73(56)84-74-51-59(82-69-38-20-16-32-63(69)64-33-17-21-39-70(64)82)44-46-67(74)81-68-47-45-60(83-71-40-22-18-34-65(71)66-35-19-23-41-72(66)83)52-75(68)85(77-50-58(80(2,3)4)49-76(84)78(77)81)79-61(54-28-12-8-13-29-54)36-24-37-62(79)55-30-14-9-15-31-55/h7-24,26-52H,5-6,25H2,1-4H3. The first-order valence-corrected chi connectivity index (χ1v) is 30.3. The van der Waals surface area contributed by atoms with Gasteiger partial charge >= 0.3 is 0 Å². The minimum absolute atomic E-state index is 0.142. The molecule has 0 amide bonds. The van der Waals surface area contributed by atoms with Crippen molar-refractivity contribution in [1.29, 1.82) is 0 Å². The molecule has 0 atom stereocenters. The third kappa shape index (κ3) is 8.12. The van der Waals surface area contributed by atoms with Crippen molar-refractivity contribution < 1.29 is 0 Å². The zero-order chi connectivity index (χ0) is 56.9. The lowest BCUT2D eigenvalue weighted by atomic mass is 9.33. The summed E-state index contributed by atoms with van der Waals surface area (Å²) in [7, 11) is 0. The summed E-state index contributed by atoms with van der Waals surface area (Å²) in [6.45, 7) is 9.33. The molecule has 2 aliphatic heterocycles. The van der Waals surface area contributed by atoms with Gasteiger partial charge in [0.25, 0.3) is 6.71 Å². The Bertz CT molecular complexity index is 4770. The van der Waals surface area contributed by atoms with E-state index in [1.165, 1.54) is 127 Å². The average Bonchev–Trinajstić information content (AvgIpc) is 1.26. The monoisotopic (exact) mass is 1090 g/mol. The van der Waals surface area contributed by atoms with Gasteiger partial charge in [-0.2, -0.15) is 0 Å². The highest BCUT2D eigenvalue weighted by Crippen LogP contribution is 2.52. The van der Waals surface area contributed by atoms with Gasteiger partial charge in [0.2, 0.25) is 0 Å². The first kappa shape index (κ1) is 50.6. The van der Waals surface area contributed by atoms with E-state index in [1.54, 1.807) is 0 Å². The predicted octanol–water partition coefficient (Wildman–Crippen LogP) is 19.6. The molecule has 4 nitrogen and oxygen atoms in total. The third-order valence-electron chi connectivity index (χ3n) is 18.2. The Morgan fingerprint density at radius 2 is 0.788 bits per heavy atom. The number of anilines is 6. The largest absolute Gasteiger partial charge is 0.311 e. The maximum absolute atomic E-state index is 2.70. The Balaban J connectivity index is 1.06. The van der Waals surface area contributed by atoms with Crippen molar-refractivity contribution in [1.82, 2.24) is 9.13 Å². The molecule has 0 spiro atoms. The van der Waals surface area contributed by atoms with Gasteiger partial charge in [-0.25, -0.2) is 0 Å². The van der Waals surface area contributed by atoms with Crippen molar-refractivity contribution in [3.05, 3.63) is 284 Å². The molecule has 5 heteroatoms. The maximum Gasteiger partial charge on any atom is 0.252 e. The predicted molar refractivity (Wildman–Crippen MR) is 363 cm³/mol. The summed E-state index contributed by atoms with van der Waals surface area (Å²) < 4.78 is 4.98. The van der Waals surface area contributed by atoms with E-state index in [2.05, 4.69) is 320 Å². The Morgan fingerprint density at radius 3 is 1.26 bits per heavy atom. The number of aryl methyl sites for hydroxylation is 1. The van der Waals surface area contributed by atoms with Gasteiger partial charge in [-0.15, -0.1) is 0 Å². The van der Waals surface area contributed by atoms with Crippen LogP contribution in [0.4, 0.5) is 34.1 Å². The first-order valence-electron chi connectivity index (χ1n) is 30.3. The topological polar surface area (TPSA) is 16.3 Å². The molecule has 406 valence electrons. The molecular weight excluding hydrogens is 1030 g/mol. The Labute approximate surface area is 498 Å². The molecular formula is C80H63BN4. The van der Waals surface area contributed by atoms with E-state index < -0.39 is 0 Å². The second-order valence-corrected chi connectivity index (χ2v) is 24.3. The first-order chi connectivity index (χ1) is 41.8. The van der Waals surface area contributed by atoms with E-state index in [4.69, 9.17) is 0 Å². The van der Waals surface area contributed by atoms with Crippen LogP contribution in [0.15, 0.2) is 273 Å².